The van der Waals surface area contributed by atoms with E-state index in [9.17, 15) is 13.2 Å². The number of thiol groups is 1. The van der Waals surface area contributed by atoms with Crippen LogP contribution in [0.5, 0.6) is 0 Å². The van der Waals surface area contributed by atoms with E-state index in [1.54, 1.807) is 6.07 Å². The Labute approximate surface area is 187 Å². The number of hydrogen-bond donors (Lipinski definition) is 1. The van der Waals surface area contributed by atoms with Crippen molar-refractivity contribution in [3.63, 3.8) is 0 Å². The Bertz CT molecular complexity index is 1100. The zero-order chi connectivity index (χ0) is 22.4. The smallest absolute Gasteiger partial charge is 0.140 e. The lowest BCUT2D eigenvalue weighted by Gasteiger charge is -2.11. The minimum Gasteiger partial charge on any atom is -0.206 e. The lowest BCUT2D eigenvalue weighted by atomic mass is 9.95. The van der Waals surface area contributed by atoms with Crippen molar-refractivity contribution >= 4 is 12.6 Å². The summed E-state index contributed by atoms with van der Waals surface area (Å²) in [5.41, 5.74) is 3.87. The normalized spacial score (nSPS) is 10.6. The molecule has 160 valence electrons. The van der Waals surface area contributed by atoms with Crippen LogP contribution >= 0.6 is 12.6 Å². The Morgan fingerprint density at radius 2 is 1.45 bits per heavy atom. The fourth-order valence-electron chi connectivity index (χ4n) is 3.43. The molecule has 0 aliphatic rings. The van der Waals surface area contributed by atoms with Gasteiger partial charge in [0.15, 0.2) is 0 Å². The summed E-state index contributed by atoms with van der Waals surface area (Å²) in [6.07, 6.45) is 4.88. The maximum absolute atomic E-state index is 14.9. The average molecular weight is 439 g/mol. The monoisotopic (exact) mass is 438 g/mol. The molecule has 0 atom stereocenters. The minimum absolute atomic E-state index is 0.143. The Hall–Kier alpha value is -2.64. The third kappa shape index (κ3) is 5.74. The van der Waals surface area contributed by atoms with Gasteiger partial charge in [-0.1, -0.05) is 50.7 Å². The summed E-state index contributed by atoms with van der Waals surface area (Å²) >= 11 is 3.79. The summed E-state index contributed by atoms with van der Waals surface area (Å²) in [4.78, 5) is -0.374. The maximum Gasteiger partial charge on any atom is 0.140 e. The van der Waals surface area contributed by atoms with Crippen molar-refractivity contribution in [3.8, 4) is 23.0 Å². The largest absolute Gasteiger partial charge is 0.206 e. The summed E-state index contributed by atoms with van der Waals surface area (Å²) in [5, 5.41) is 0. The minimum atomic E-state index is -0.818. The molecule has 0 nitrogen and oxygen atoms in total. The molecule has 0 aromatic heterocycles. The van der Waals surface area contributed by atoms with Crippen LogP contribution in [0, 0.1) is 29.3 Å². The predicted octanol–water partition coefficient (Wildman–Crippen LogP) is 7.75. The number of halogens is 3. The fourth-order valence-corrected chi connectivity index (χ4v) is 3.56. The summed E-state index contributed by atoms with van der Waals surface area (Å²) in [6.45, 7) is 4.19. The molecule has 0 aliphatic heterocycles. The maximum atomic E-state index is 14.9. The second-order valence-corrected chi connectivity index (χ2v) is 8.03. The Balaban J connectivity index is 1.96. The van der Waals surface area contributed by atoms with Crippen molar-refractivity contribution in [1.82, 2.24) is 0 Å². The van der Waals surface area contributed by atoms with Gasteiger partial charge >= 0.3 is 0 Å². The third-order valence-corrected chi connectivity index (χ3v) is 5.58. The van der Waals surface area contributed by atoms with Gasteiger partial charge in [0.2, 0.25) is 0 Å². The van der Waals surface area contributed by atoms with Crippen molar-refractivity contribution in [3.05, 3.63) is 88.2 Å². The van der Waals surface area contributed by atoms with E-state index in [1.165, 1.54) is 11.6 Å². The Morgan fingerprint density at radius 3 is 2.06 bits per heavy atom. The summed E-state index contributed by atoms with van der Waals surface area (Å²) in [5.74, 6) is 3.98. The van der Waals surface area contributed by atoms with Crippen LogP contribution in [0.25, 0.3) is 11.1 Å². The highest BCUT2D eigenvalue weighted by atomic mass is 32.1. The number of unbranched alkanes of at least 4 members (excludes halogenated alkanes) is 1. The molecule has 0 heterocycles. The quantitative estimate of drug-likeness (QED) is 0.295. The van der Waals surface area contributed by atoms with Crippen molar-refractivity contribution in [2.45, 2.75) is 50.8 Å². The molecule has 31 heavy (non-hydrogen) atoms. The lowest BCUT2D eigenvalue weighted by Crippen LogP contribution is -1.97. The van der Waals surface area contributed by atoms with E-state index in [0.717, 1.165) is 48.9 Å². The van der Waals surface area contributed by atoms with Gasteiger partial charge in [-0.3, -0.25) is 0 Å². The first-order valence-corrected chi connectivity index (χ1v) is 11.0. The fraction of sp³-hybridized carbons (Fsp3) is 0.259. The molecule has 0 radical (unpaired) electrons. The molecular formula is C27H25F3S. The summed E-state index contributed by atoms with van der Waals surface area (Å²) < 4.78 is 42.7. The average Bonchev–Trinajstić information content (AvgIpc) is 2.76. The molecule has 0 aliphatic carbocycles. The lowest BCUT2D eigenvalue weighted by molar-refractivity contribution is 0.542. The van der Waals surface area contributed by atoms with E-state index in [1.807, 2.05) is 19.1 Å². The van der Waals surface area contributed by atoms with Crippen LogP contribution in [0.3, 0.4) is 0 Å². The molecule has 0 saturated heterocycles. The molecule has 0 fully saturated rings. The van der Waals surface area contributed by atoms with Gasteiger partial charge in [0, 0.05) is 16.7 Å². The number of rotatable bonds is 6. The summed E-state index contributed by atoms with van der Waals surface area (Å²) in [6, 6.07) is 13.3. The van der Waals surface area contributed by atoms with Crippen LogP contribution in [0.15, 0.2) is 53.4 Å². The van der Waals surface area contributed by atoms with Gasteiger partial charge in [-0.25, -0.2) is 13.2 Å². The zero-order valence-corrected chi connectivity index (χ0v) is 18.6. The van der Waals surface area contributed by atoms with Crippen LogP contribution in [-0.4, -0.2) is 0 Å². The topological polar surface area (TPSA) is 0 Å². The standard InChI is InChI=1S/C27H25F3S/c1-3-5-7-18-8-10-19(11-9-18)12-13-21-15-24(28)23(14-20(21)6-4-2)22-16-25(29)27(31)26(30)17-22/h8-11,14-17,31H,3-7H2,1-2H3. The van der Waals surface area contributed by atoms with Crippen molar-refractivity contribution in [2.24, 2.45) is 0 Å². The third-order valence-electron chi connectivity index (χ3n) is 5.15. The first-order chi connectivity index (χ1) is 14.9. The molecule has 0 unspecified atom stereocenters. The highest BCUT2D eigenvalue weighted by Gasteiger charge is 2.14. The molecular weight excluding hydrogens is 413 g/mol. The highest BCUT2D eigenvalue weighted by molar-refractivity contribution is 7.80. The van der Waals surface area contributed by atoms with E-state index < -0.39 is 17.5 Å². The van der Waals surface area contributed by atoms with Gasteiger partial charge in [0.1, 0.15) is 17.5 Å². The van der Waals surface area contributed by atoms with Crippen LogP contribution in [0.2, 0.25) is 0 Å². The second-order valence-electron chi connectivity index (χ2n) is 7.58. The van der Waals surface area contributed by atoms with Crippen LogP contribution in [0.1, 0.15) is 55.4 Å². The molecule has 0 N–H and O–H groups in total. The summed E-state index contributed by atoms with van der Waals surface area (Å²) in [7, 11) is 0. The van der Waals surface area contributed by atoms with Gasteiger partial charge in [-0.15, -0.1) is 12.6 Å². The molecule has 0 saturated carbocycles. The van der Waals surface area contributed by atoms with Gasteiger partial charge in [0.05, 0.1) is 4.90 Å². The number of aryl methyl sites for hydroxylation is 2. The Morgan fingerprint density at radius 1 is 0.774 bits per heavy atom. The van der Waals surface area contributed by atoms with Gasteiger partial charge in [0.25, 0.3) is 0 Å². The van der Waals surface area contributed by atoms with E-state index in [2.05, 4.69) is 43.5 Å². The van der Waals surface area contributed by atoms with E-state index in [-0.39, 0.29) is 16.0 Å². The molecule has 0 bridgehead atoms. The molecule has 0 spiro atoms. The van der Waals surface area contributed by atoms with E-state index in [4.69, 9.17) is 0 Å². The Kier molecular flexibility index (Phi) is 7.87. The molecule has 3 aromatic rings. The molecule has 3 aromatic carbocycles. The van der Waals surface area contributed by atoms with Crippen molar-refractivity contribution < 1.29 is 13.2 Å². The second kappa shape index (κ2) is 10.6. The zero-order valence-electron chi connectivity index (χ0n) is 17.7. The predicted molar refractivity (Wildman–Crippen MR) is 124 cm³/mol. The number of hydrogen-bond acceptors (Lipinski definition) is 1. The van der Waals surface area contributed by atoms with Gasteiger partial charge in [-0.2, -0.15) is 0 Å². The molecule has 3 rings (SSSR count). The van der Waals surface area contributed by atoms with Crippen LogP contribution in [-0.2, 0) is 12.8 Å². The van der Waals surface area contributed by atoms with Gasteiger partial charge in [-0.05, 0) is 72.4 Å². The number of benzene rings is 3. The van der Waals surface area contributed by atoms with Crippen molar-refractivity contribution in [2.75, 3.05) is 0 Å². The highest BCUT2D eigenvalue weighted by Crippen LogP contribution is 2.30. The SMILES string of the molecule is CCCCc1ccc(C#Cc2cc(F)c(-c3cc(F)c(S)c(F)c3)cc2CCC)cc1. The molecule has 4 heteroatoms. The van der Waals surface area contributed by atoms with Crippen molar-refractivity contribution in [1.29, 1.82) is 0 Å². The van der Waals surface area contributed by atoms with E-state index in [0.29, 0.717) is 12.0 Å². The van der Waals surface area contributed by atoms with Crippen LogP contribution in [0.4, 0.5) is 13.2 Å². The van der Waals surface area contributed by atoms with Crippen LogP contribution < -0.4 is 0 Å². The van der Waals surface area contributed by atoms with E-state index >= 15 is 0 Å². The first-order valence-electron chi connectivity index (χ1n) is 10.5. The first kappa shape index (κ1) is 23.0. The van der Waals surface area contributed by atoms with Gasteiger partial charge < -0.3 is 0 Å². The molecule has 0 amide bonds.